The van der Waals surface area contributed by atoms with Crippen molar-refractivity contribution >= 4 is 21.8 Å². The minimum absolute atomic E-state index is 0.0368. The van der Waals surface area contributed by atoms with Crippen molar-refractivity contribution in [3.8, 4) is 11.1 Å². The van der Waals surface area contributed by atoms with E-state index in [4.69, 9.17) is 0 Å². The minimum atomic E-state index is -4.00. The standard InChI is InChI=1S/C25H24FNO5S/c1-16(2)24(25(29)30)27-33(31,32)20-13-11-19(12-14-20)18-9-7-17(8-10-18)15-23(28)21-5-3-4-6-22(21)26/h3-14,16,24,27H,15H2,1-2H3,(H,29,30)/t24-/m0/s1. The highest BCUT2D eigenvalue weighted by molar-refractivity contribution is 7.89. The van der Waals surface area contributed by atoms with E-state index < -0.39 is 33.8 Å². The van der Waals surface area contributed by atoms with Gasteiger partial charge in [0, 0.05) is 6.42 Å². The van der Waals surface area contributed by atoms with Crippen LogP contribution >= 0.6 is 0 Å². The van der Waals surface area contributed by atoms with Crippen LogP contribution in [0, 0.1) is 11.7 Å². The first-order chi connectivity index (χ1) is 15.6. The summed E-state index contributed by atoms with van der Waals surface area (Å²) in [7, 11) is -4.00. The highest BCUT2D eigenvalue weighted by Gasteiger charge is 2.28. The van der Waals surface area contributed by atoms with E-state index in [1.807, 2.05) is 0 Å². The molecule has 3 aromatic rings. The van der Waals surface area contributed by atoms with Crippen LogP contribution in [0.25, 0.3) is 11.1 Å². The monoisotopic (exact) mass is 469 g/mol. The Hall–Kier alpha value is -3.36. The second kappa shape index (κ2) is 10.1. The summed E-state index contributed by atoms with van der Waals surface area (Å²) in [5.74, 6) is -2.52. The molecule has 3 aromatic carbocycles. The van der Waals surface area contributed by atoms with E-state index in [-0.39, 0.29) is 22.7 Å². The van der Waals surface area contributed by atoms with Crippen LogP contribution in [-0.4, -0.2) is 31.3 Å². The van der Waals surface area contributed by atoms with Gasteiger partial charge in [0.2, 0.25) is 10.0 Å². The molecule has 3 rings (SSSR count). The van der Waals surface area contributed by atoms with Crippen molar-refractivity contribution in [1.29, 1.82) is 0 Å². The molecule has 0 unspecified atom stereocenters. The number of rotatable bonds is 9. The van der Waals surface area contributed by atoms with E-state index in [9.17, 15) is 27.5 Å². The molecule has 0 aliphatic rings. The highest BCUT2D eigenvalue weighted by atomic mass is 32.2. The lowest BCUT2D eigenvalue weighted by molar-refractivity contribution is -0.140. The van der Waals surface area contributed by atoms with Gasteiger partial charge in [-0.2, -0.15) is 4.72 Å². The maximum atomic E-state index is 13.8. The molecule has 0 fully saturated rings. The number of halogens is 1. The normalized spacial score (nSPS) is 12.5. The van der Waals surface area contributed by atoms with Gasteiger partial charge in [-0.3, -0.25) is 9.59 Å². The topological polar surface area (TPSA) is 101 Å². The van der Waals surface area contributed by atoms with Crippen LogP contribution in [0.4, 0.5) is 4.39 Å². The molecule has 0 spiro atoms. The Labute approximate surface area is 192 Å². The molecule has 0 bridgehead atoms. The molecule has 8 heteroatoms. The van der Waals surface area contributed by atoms with Gasteiger partial charge in [-0.1, -0.05) is 62.4 Å². The Balaban J connectivity index is 1.73. The summed E-state index contributed by atoms with van der Waals surface area (Å²) in [6, 6.07) is 17.8. The van der Waals surface area contributed by atoms with Crippen LogP contribution in [-0.2, 0) is 21.2 Å². The van der Waals surface area contributed by atoms with Crippen molar-refractivity contribution in [3.63, 3.8) is 0 Å². The van der Waals surface area contributed by atoms with E-state index >= 15 is 0 Å². The van der Waals surface area contributed by atoms with Crippen LogP contribution < -0.4 is 4.72 Å². The molecule has 0 aliphatic carbocycles. The van der Waals surface area contributed by atoms with Crippen LogP contribution in [0.15, 0.2) is 77.7 Å². The van der Waals surface area contributed by atoms with Gasteiger partial charge in [0.05, 0.1) is 10.5 Å². The lowest BCUT2D eigenvalue weighted by Gasteiger charge is -2.18. The molecule has 0 saturated heterocycles. The van der Waals surface area contributed by atoms with Crippen molar-refractivity contribution in [2.24, 2.45) is 5.92 Å². The number of Topliss-reactive ketones (excluding diaryl/α,β-unsaturated/α-hetero) is 1. The van der Waals surface area contributed by atoms with Crippen molar-refractivity contribution in [2.75, 3.05) is 0 Å². The Kier molecular flexibility index (Phi) is 7.40. The molecular formula is C25H24FNO5S. The number of hydrogen-bond donors (Lipinski definition) is 2. The molecular weight excluding hydrogens is 445 g/mol. The molecule has 0 aromatic heterocycles. The van der Waals surface area contributed by atoms with Crippen molar-refractivity contribution in [1.82, 2.24) is 4.72 Å². The van der Waals surface area contributed by atoms with E-state index in [1.54, 1.807) is 56.3 Å². The first-order valence-corrected chi connectivity index (χ1v) is 11.8. The number of benzene rings is 3. The number of carboxylic acid groups (broad SMARTS) is 1. The van der Waals surface area contributed by atoms with Crippen molar-refractivity contribution in [3.05, 3.63) is 89.7 Å². The lowest BCUT2D eigenvalue weighted by atomic mass is 9.99. The third kappa shape index (κ3) is 5.91. The van der Waals surface area contributed by atoms with E-state index in [0.717, 1.165) is 16.7 Å². The zero-order valence-electron chi connectivity index (χ0n) is 18.2. The summed E-state index contributed by atoms with van der Waals surface area (Å²) < 4.78 is 41.1. The second-order valence-electron chi connectivity index (χ2n) is 7.98. The van der Waals surface area contributed by atoms with Gasteiger partial charge in [0.15, 0.2) is 5.78 Å². The number of nitrogens with one attached hydrogen (secondary N) is 1. The summed E-state index contributed by atoms with van der Waals surface area (Å²) in [6.07, 6.45) is 0.0602. The largest absolute Gasteiger partial charge is 0.480 e. The van der Waals surface area contributed by atoms with Gasteiger partial charge in [-0.05, 0) is 46.9 Å². The zero-order chi connectivity index (χ0) is 24.2. The molecule has 6 nitrogen and oxygen atoms in total. The third-order valence-electron chi connectivity index (χ3n) is 5.21. The number of aliphatic carboxylic acids is 1. The van der Waals surface area contributed by atoms with E-state index in [1.165, 1.54) is 30.3 Å². The third-order valence-corrected chi connectivity index (χ3v) is 6.66. The molecule has 1 atom stereocenters. The van der Waals surface area contributed by atoms with Crippen LogP contribution in [0.2, 0.25) is 0 Å². The average molecular weight is 470 g/mol. The SMILES string of the molecule is CC(C)[C@H](NS(=O)(=O)c1ccc(-c2ccc(CC(=O)c3ccccc3F)cc2)cc1)C(=O)O. The molecule has 0 heterocycles. The predicted molar refractivity (Wildman–Crippen MR) is 123 cm³/mol. The Morgan fingerprint density at radius 3 is 1.97 bits per heavy atom. The van der Waals surface area contributed by atoms with Gasteiger partial charge in [-0.25, -0.2) is 12.8 Å². The summed E-state index contributed by atoms with van der Waals surface area (Å²) >= 11 is 0. The quantitative estimate of drug-likeness (QED) is 0.455. The predicted octanol–water partition coefficient (Wildman–Crippen LogP) is 4.31. The van der Waals surface area contributed by atoms with E-state index in [0.29, 0.717) is 0 Å². The zero-order valence-corrected chi connectivity index (χ0v) is 19.0. The molecule has 0 amide bonds. The molecule has 33 heavy (non-hydrogen) atoms. The van der Waals surface area contributed by atoms with Gasteiger partial charge in [-0.15, -0.1) is 0 Å². The summed E-state index contributed by atoms with van der Waals surface area (Å²) in [6.45, 7) is 3.25. The maximum absolute atomic E-state index is 13.8. The summed E-state index contributed by atoms with van der Waals surface area (Å²) in [5.41, 5.74) is 2.33. The lowest BCUT2D eigenvalue weighted by Crippen LogP contribution is -2.44. The molecule has 0 aliphatic heterocycles. The number of ketones is 1. The Morgan fingerprint density at radius 1 is 0.909 bits per heavy atom. The summed E-state index contributed by atoms with van der Waals surface area (Å²) in [4.78, 5) is 23.6. The number of carboxylic acids is 1. The second-order valence-corrected chi connectivity index (χ2v) is 9.70. The number of hydrogen-bond acceptors (Lipinski definition) is 4. The summed E-state index contributed by atoms with van der Waals surface area (Å²) in [5, 5.41) is 9.24. The minimum Gasteiger partial charge on any atom is -0.480 e. The molecule has 172 valence electrons. The fourth-order valence-corrected chi connectivity index (χ4v) is 4.65. The number of sulfonamides is 1. The van der Waals surface area contributed by atoms with Crippen LogP contribution in [0.5, 0.6) is 0 Å². The van der Waals surface area contributed by atoms with Gasteiger partial charge in [0.1, 0.15) is 11.9 Å². The Morgan fingerprint density at radius 2 is 1.45 bits per heavy atom. The first kappa shape index (κ1) is 24.3. The maximum Gasteiger partial charge on any atom is 0.322 e. The van der Waals surface area contributed by atoms with Crippen molar-refractivity contribution in [2.45, 2.75) is 31.2 Å². The fourth-order valence-electron chi connectivity index (χ4n) is 3.32. The molecule has 0 radical (unpaired) electrons. The number of carbonyl (C=O) groups excluding carboxylic acids is 1. The van der Waals surface area contributed by atoms with Gasteiger partial charge >= 0.3 is 5.97 Å². The van der Waals surface area contributed by atoms with Gasteiger partial charge in [0.25, 0.3) is 0 Å². The van der Waals surface area contributed by atoms with Crippen molar-refractivity contribution < 1.29 is 27.5 Å². The first-order valence-electron chi connectivity index (χ1n) is 10.3. The van der Waals surface area contributed by atoms with Crippen LogP contribution in [0.1, 0.15) is 29.8 Å². The number of carbonyl (C=O) groups is 2. The highest BCUT2D eigenvalue weighted by Crippen LogP contribution is 2.23. The fraction of sp³-hybridized carbons (Fsp3) is 0.200. The van der Waals surface area contributed by atoms with E-state index in [2.05, 4.69) is 4.72 Å². The smallest absolute Gasteiger partial charge is 0.322 e. The Bertz CT molecular complexity index is 1250. The molecule has 2 N–H and O–H groups in total. The van der Waals surface area contributed by atoms with Crippen LogP contribution in [0.3, 0.4) is 0 Å². The van der Waals surface area contributed by atoms with Gasteiger partial charge < -0.3 is 5.11 Å². The molecule has 0 saturated carbocycles. The average Bonchev–Trinajstić information content (AvgIpc) is 2.78.